The maximum Gasteiger partial charge on any atom is 0.221 e. The van der Waals surface area contributed by atoms with E-state index in [1.807, 2.05) is 25.8 Å². The summed E-state index contributed by atoms with van der Waals surface area (Å²) in [5, 5.41) is 2.95. The van der Waals surface area contributed by atoms with E-state index in [0.717, 1.165) is 5.56 Å². The Hall–Kier alpha value is -1.40. The lowest BCUT2D eigenvalue weighted by Crippen LogP contribution is -2.36. The highest BCUT2D eigenvalue weighted by Gasteiger charge is 2.30. The van der Waals surface area contributed by atoms with Gasteiger partial charge in [0.15, 0.2) is 9.84 Å². The molecule has 6 heteroatoms. The Morgan fingerprint density at radius 2 is 2.09 bits per heavy atom. The molecule has 1 N–H and O–H groups in total. The Morgan fingerprint density at radius 1 is 1.35 bits per heavy atom. The van der Waals surface area contributed by atoms with Gasteiger partial charge in [0, 0.05) is 25.6 Å². The Bertz CT molecular complexity index is 670. The van der Waals surface area contributed by atoms with Crippen LogP contribution in [-0.4, -0.2) is 50.4 Å². The second-order valence-electron chi connectivity index (χ2n) is 6.49. The molecule has 0 radical (unpaired) electrons. The van der Waals surface area contributed by atoms with Gasteiger partial charge >= 0.3 is 0 Å². The van der Waals surface area contributed by atoms with Crippen LogP contribution in [0.2, 0.25) is 0 Å². The molecule has 1 aliphatic rings. The highest BCUT2D eigenvalue weighted by Crippen LogP contribution is 2.16. The smallest absolute Gasteiger partial charge is 0.221 e. The molecule has 0 saturated carbocycles. The predicted molar refractivity (Wildman–Crippen MR) is 92.1 cm³/mol. The largest absolute Gasteiger partial charge is 0.352 e. The molecule has 23 heavy (non-hydrogen) atoms. The van der Waals surface area contributed by atoms with Crippen molar-refractivity contribution < 1.29 is 13.2 Å². The Balaban J connectivity index is 1.76. The number of sulfone groups is 1. The Morgan fingerprint density at radius 3 is 2.74 bits per heavy atom. The lowest BCUT2D eigenvalue weighted by molar-refractivity contribution is -0.121. The Labute approximate surface area is 139 Å². The zero-order valence-corrected chi connectivity index (χ0v) is 14.9. The third kappa shape index (κ3) is 5.32. The van der Waals surface area contributed by atoms with E-state index in [-0.39, 0.29) is 23.5 Å². The lowest BCUT2D eigenvalue weighted by Gasteiger charge is -2.22. The lowest BCUT2D eigenvalue weighted by atomic mass is 10.1. The third-order valence-electron chi connectivity index (χ3n) is 4.50. The summed E-state index contributed by atoms with van der Waals surface area (Å²) in [6.07, 6.45) is 1.06. The fourth-order valence-electron chi connectivity index (χ4n) is 2.86. The van der Waals surface area contributed by atoms with Crippen LogP contribution in [-0.2, 0) is 21.2 Å². The summed E-state index contributed by atoms with van der Waals surface area (Å²) in [7, 11) is -0.984. The number of hydrogen-bond donors (Lipinski definition) is 1. The molecule has 1 aromatic carbocycles. The third-order valence-corrected chi connectivity index (χ3v) is 6.25. The fourth-order valence-corrected chi connectivity index (χ4v) is 4.66. The van der Waals surface area contributed by atoms with Crippen LogP contribution in [0, 0.1) is 13.8 Å². The molecule has 5 nitrogen and oxygen atoms in total. The van der Waals surface area contributed by atoms with E-state index in [2.05, 4.69) is 23.5 Å². The molecular formula is C17H26N2O3S. The number of aryl methyl sites for hydroxylation is 2. The van der Waals surface area contributed by atoms with Gasteiger partial charge in [-0.25, -0.2) is 8.42 Å². The molecule has 1 heterocycles. The summed E-state index contributed by atoms with van der Waals surface area (Å²) in [5.41, 5.74) is 3.49. The van der Waals surface area contributed by atoms with Crippen molar-refractivity contribution in [2.45, 2.75) is 39.3 Å². The number of carbonyl (C=O) groups is 1. The summed E-state index contributed by atoms with van der Waals surface area (Å²) >= 11 is 0. The minimum absolute atomic E-state index is 0.00129. The Kier molecular flexibility index (Phi) is 5.81. The van der Waals surface area contributed by atoms with Crippen LogP contribution in [0.4, 0.5) is 0 Å². The standard InChI is InChI=1S/C17H26N2O3S/c1-13-4-5-14(2)15(10-13)11-18-17(20)6-8-19(3)16-7-9-23(21,22)12-16/h4-5,10,16H,6-9,11-12H2,1-3H3,(H,18,20)/t16-/m1/s1. The van der Waals surface area contributed by atoms with E-state index in [0.29, 0.717) is 25.9 Å². The molecule has 1 aromatic rings. The zero-order chi connectivity index (χ0) is 17.0. The van der Waals surface area contributed by atoms with Gasteiger partial charge in [0.25, 0.3) is 0 Å². The number of nitrogens with zero attached hydrogens (tertiary/aromatic N) is 1. The number of hydrogen-bond acceptors (Lipinski definition) is 4. The van der Waals surface area contributed by atoms with Crippen LogP contribution in [0.15, 0.2) is 18.2 Å². The van der Waals surface area contributed by atoms with E-state index < -0.39 is 9.84 Å². The van der Waals surface area contributed by atoms with Crippen molar-refractivity contribution in [2.24, 2.45) is 0 Å². The molecule has 1 aliphatic heterocycles. The average Bonchev–Trinajstić information content (AvgIpc) is 2.86. The van der Waals surface area contributed by atoms with Crippen molar-refractivity contribution in [3.05, 3.63) is 34.9 Å². The van der Waals surface area contributed by atoms with Gasteiger partial charge < -0.3 is 10.2 Å². The highest BCUT2D eigenvalue weighted by atomic mass is 32.2. The second kappa shape index (κ2) is 7.45. The normalized spacial score (nSPS) is 19.9. The first-order valence-corrected chi connectivity index (χ1v) is 9.82. The summed E-state index contributed by atoms with van der Waals surface area (Å²) in [6, 6.07) is 6.26. The van der Waals surface area contributed by atoms with Gasteiger partial charge in [-0.1, -0.05) is 23.8 Å². The fraction of sp³-hybridized carbons (Fsp3) is 0.588. The van der Waals surface area contributed by atoms with Gasteiger partial charge in [0.05, 0.1) is 11.5 Å². The van der Waals surface area contributed by atoms with Gasteiger partial charge in [-0.3, -0.25) is 4.79 Å². The molecule has 1 fully saturated rings. The monoisotopic (exact) mass is 338 g/mol. The van der Waals surface area contributed by atoms with Crippen molar-refractivity contribution >= 4 is 15.7 Å². The molecule has 0 aromatic heterocycles. The first-order valence-electron chi connectivity index (χ1n) is 8.00. The first-order chi connectivity index (χ1) is 10.8. The summed E-state index contributed by atoms with van der Waals surface area (Å²) in [6.45, 7) is 5.19. The minimum Gasteiger partial charge on any atom is -0.352 e. The van der Waals surface area contributed by atoms with Crippen LogP contribution in [0.3, 0.4) is 0 Å². The van der Waals surface area contributed by atoms with Crippen molar-refractivity contribution in [2.75, 3.05) is 25.1 Å². The number of rotatable bonds is 6. The van der Waals surface area contributed by atoms with Crippen LogP contribution in [0.5, 0.6) is 0 Å². The SMILES string of the molecule is Cc1ccc(C)c(CNC(=O)CCN(C)[C@@H]2CCS(=O)(=O)C2)c1. The maximum atomic E-state index is 12.0. The topological polar surface area (TPSA) is 66.5 Å². The van der Waals surface area contributed by atoms with Crippen molar-refractivity contribution in [3.8, 4) is 0 Å². The van der Waals surface area contributed by atoms with Gasteiger partial charge in [0.1, 0.15) is 0 Å². The van der Waals surface area contributed by atoms with Gasteiger partial charge in [-0.05, 0) is 38.4 Å². The van der Waals surface area contributed by atoms with E-state index in [9.17, 15) is 13.2 Å². The molecular weight excluding hydrogens is 312 g/mol. The number of amides is 1. The van der Waals surface area contributed by atoms with Crippen molar-refractivity contribution in [1.82, 2.24) is 10.2 Å². The molecule has 0 spiro atoms. The summed E-state index contributed by atoms with van der Waals surface area (Å²) in [4.78, 5) is 14.0. The van der Waals surface area contributed by atoms with Crippen LogP contribution in [0.25, 0.3) is 0 Å². The molecule has 2 rings (SSSR count). The van der Waals surface area contributed by atoms with E-state index in [1.54, 1.807) is 0 Å². The molecule has 0 bridgehead atoms. The molecule has 0 aliphatic carbocycles. The number of carbonyl (C=O) groups excluding carboxylic acids is 1. The van der Waals surface area contributed by atoms with Crippen LogP contribution >= 0.6 is 0 Å². The number of nitrogens with one attached hydrogen (secondary N) is 1. The molecule has 1 atom stereocenters. The summed E-state index contributed by atoms with van der Waals surface area (Å²) < 4.78 is 23.0. The van der Waals surface area contributed by atoms with Crippen molar-refractivity contribution in [3.63, 3.8) is 0 Å². The molecule has 128 valence electrons. The van der Waals surface area contributed by atoms with E-state index in [4.69, 9.17) is 0 Å². The molecule has 1 amide bonds. The maximum absolute atomic E-state index is 12.0. The van der Waals surface area contributed by atoms with E-state index in [1.165, 1.54) is 11.1 Å². The second-order valence-corrected chi connectivity index (χ2v) is 8.72. The van der Waals surface area contributed by atoms with Gasteiger partial charge in [0.2, 0.25) is 5.91 Å². The zero-order valence-electron chi connectivity index (χ0n) is 14.1. The average molecular weight is 338 g/mol. The van der Waals surface area contributed by atoms with Crippen LogP contribution < -0.4 is 5.32 Å². The first kappa shape index (κ1) is 17.9. The minimum atomic E-state index is -2.88. The predicted octanol–water partition coefficient (Wildman–Crippen LogP) is 1.43. The molecule has 0 unspecified atom stereocenters. The number of benzene rings is 1. The van der Waals surface area contributed by atoms with Crippen molar-refractivity contribution in [1.29, 1.82) is 0 Å². The van der Waals surface area contributed by atoms with Gasteiger partial charge in [-0.15, -0.1) is 0 Å². The van der Waals surface area contributed by atoms with E-state index >= 15 is 0 Å². The molecule has 1 saturated heterocycles. The summed E-state index contributed by atoms with van der Waals surface area (Å²) in [5.74, 6) is 0.479. The van der Waals surface area contributed by atoms with Gasteiger partial charge in [-0.2, -0.15) is 0 Å². The quantitative estimate of drug-likeness (QED) is 0.852. The van der Waals surface area contributed by atoms with Crippen LogP contribution in [0.1, 0.15) is 29.5 Å². The highest BCUT2D eigenvalue weighted by molar-refractivity contribution is 7.91.